The lowest BCUT2D eigenvalue weighted by molar-refractivity contribution is -0.119. The number of nitrogen functional groups attached to an aromatic ring is 1. The number of imidazole rings is 1. The van der Waals surface area contributed by atoms with Gasteiger partial charge in [0.15, 0.2) is 11.5 Å². The van der Waals surface area contributed by atoms with Crippen molar-refractivity contribution in [3.05, 3.63) is 18.6 Å². The fourth-order valence-electron chi connectivity index (χ4n) is 1.59. The van der Waals surface area contributed by atoms with Gasteiger partial charge in [-0.3, -0.25) is 4.79 Å². The van der Waals surface area contributed by atoms with Crippen molar-refractivity contribution in [3.63, 3.8) is 0 Å². The molecule has 19 heavy (non-hydrogen) atoms. The topological polar surface area (TPSA) is 107 Å². The zero-order valence-electron chi connectivity index (χ0n) is 10.6. The van der Waals surface area contributed by atoms with E-state index >= 15 is 0 Å². The van der Waals surface area contributed by atoms with Crippen molar-refractivity contribution >= 4 is 23.2 Å². The van der Waals surface area contributed by atoms with Gasteiger partial charge in [0.05, 0.1) is 19.3 Å². The Labute approximate surface area is 110 Å². The average Bonchev–Trinajstić information content (AvgIpc) is 2.84. The highest BCUT2D eigenvalue weighted by atomic mass is 16.5. The number of hydrogen-bond donors (Lipinski definition) is 3. The molecule has 4 N–H and O–H groups in total. The van der Waals surface area contributed by atoms with Crippen LogP contribution in [0.5, 0.6) is 0 Å². The van der Waals surface area contributed by atoms with Crippen molar-refractivity contribution in [3.8, 4) is 0 Å². The molecule has 2 aromatic rings. The number of amides is 1. The maximum atomic E-state index is 11.5. The predicted molar refractivity (Wildman–Crippen MR) is 70.8 cm³/mol. The standard InChI is InChI=1S/C11H16N6O2/c1-19-5-3-13-9(18)6-15-10-11-14-2-4-17(11)7-8(12)16-10/h2,4,7H,3,5-6,12H2,1H3,(H,13,18)(H,15,16). The molecule has 0 saturated carbocycles. The highest BCUT2D eigenvalue weighted by molar-refractivity contribution is 5.81. The molecule has 2 heterocycles. The molecule has 0 aliphatic carbocycles. The van der Waals surface area contributed by atoms with Crippen molar-refractivity contribution in [2.75, 3.05) is 37.9 Å². The molecule has 0 saturated heterocycles. The van der Waals surface area contributed by atoms with E-state index in [9.17, 15) is 4.79 Å². The van der Waals surface area contributed by atoms with E-state index in [2.05, 4.69) is 20.6 Å². The molecule has 0 fully saturated rings. The van der Waals surface area contributed by atoms with Gasteiger partial charge in [-0.15, -0.1) is 0 Å². The van der Waals surface area contributed by atoms with E-state index in [1.165, 1.54) is 0 Å². The quantitative estimate of drug-likeness (QED) is 0.606. The van der Waals surface area contributed by atoms with Gasteiger partial charge in [0.2, 0.25) is 5.91 Å². The van der Waals surface area contributed by atoms with Gasteiger partial charge in [-0.25, -0.2) is 9.97 Å². The third-order valence-electron chi connectivity index (χ3n) is 2.44. The summed E-state index contributed by atoms with van der Waals surface area (Å²) in [7, 11) is 1.58. The van der Waals surface area contributed by atoms with Crippen LogP contribution in [0.2, 0.25) is 0 Å². The molecule has 0 aliphatic heterocycles. The molecular weight excluding hydrogens is 248 g/mol. The van der Waals surface area contributed by atoms with E-state index in [1.54, 1.807) is 30.1 Å². The maximum absolute atomic E-state index is 11.5. The number of carbonyl (C=O) groups excluding carboxylic acids is 1. The number of nitrogens with zero attached hydrogens (tertiary/aromatic N) is 3. The minimum atomic E-state index is -0.147. The first-order chi connectivity index (χ1) is 9.20. The molecule has 0 atom stereocenters. The van der Waals surface area contributed by atoms with Gasteiger partial charge >= 0.3 is 0 Å². The van der Waals surface area contributed by atoms with Gasteiger partial charge in [0.1, 0.15) is 5.82 Å². The van der Waals surface area contributed by atoms with Crippen LogP contribution >= 0.6 is 0 Å². The Hall–Kier alpha value is -2.35. The van der Waals surface area contributed by atoms with Gasteiger partial charge in [0, 0.05) is 26.0 Å². The third-order valence-corrected chi connectivity index (χ3v) is 2.44. The second-order valence-corrected chi connectivity index (χ2v) is 3.87. The number of carbonyl (C=O) groups is 1. The van der Waals surface area contributed by atoms with Gasteiger partial charge in [-0.1, -0.05) is 0 Å². The number of ether oxygens (including phenoxy) is 1. The van der Waals surface area contributed by atoms with Gasteiger partial charge < -0.3 is 25.5 Å². The lowest BCUT2D eigenvalue weighted by atomic mass is 10.5. The Bertz CT molecular complexity index is 567. The van der Waals surface area contributed by atoms with Crippen molar-refractivity contribution in [1.29, 1.82) is 0 Å². The monoisotopic (exact) mass is 264 g/mol. The Morgan fingerprint density at radius 3 is 3.21 bits per heavy atom. The number of fused-ring (bicyclic) bond motifs is 1. The number of rotatable bonds is 6. The molecule has 0 bridgehead atoms. The SMILES string of the molecule is COCCNC(=O)CNc1nc(N)cn2ccnc12. The number of anilines is 2. The number of methoxy groups -OCH3 is 1. The number of nitrogens with one attached hydrogen (secondary N) is 2. The van der Waals surface area contributed by atoms with Crippen LogP contribution in [0.4, 0.5) is 11.6 Å². The lowest BCUT2D eigenvalue weighted by Gasteiger charge is -2.08. The summed E-state index contributed by atoms with van der Waals surface area (Å²) >= 11 is 0. The molecule has 0 aliphatic rings. The minimum absolute atomic E-state index is 0.0999. The molecule has 2 aromatic heterocycles. The Balaban J connectivity index is 1.97. The lowest BCUT2D eigenvalue weighted by Crippen LogP contribution is -2.32. The summed E-state index contributed by atoms with van der Waals surface area (Å²) in [4.78, 5) is 19.8. The first-order valence-electron chi connectivity index (χ1n) is 5.79. The molecule has 0 aromatic carbocycles. The van der Waals surface area contributed by atoms with Crippen LogP contribution in [0.1, 0.15) is 0 Å². The Kier molecular flexibility index (Phi) is 4.14. The van der Waals surface area contributed by atoms with Crippen molar-refractivity contribution in [2.45, 2.75) is 0 Å². The largest absolute Gasteiger partial charge is 0.383 e. The summed E-state index contributed by atoms with van der Waals surface area (Å²) < 4.78 is 6.58. The normalized spacial score (nSPS) is 10.6. The van der Waals surface area contributed by atoms with Gasteiger partial charge in [-0.05, 0) is 0 Å². The Morgan fingerprint density at radius 1 is 1.58 bits per heavy atom. The highest BCUT2D eigenvalue weighted by Gasteiger charge is 2.07. The van der Waals surface area contributed by atoms with E-state index in [1.807, 2.05) is 0 Å². The molecule has 0 spiro atoms. The number of hydrogen-bond acceptors (Lipinski definition) is 6. The van der Waals surface area contributed by atoms with Crippen LogP contribution in [0, 0.1) is 0 Å². The summed E-state index contributed by atoms with van der Waals surface area (Å²) in [5.74, 6) is 0.686. The van der Waals surface area contributed by atoms with Crippen LogP contribution in [0.25, 0.3) is 5.65 Å². The number of nitrogens with two attached hydrogens (primary N) is 1. The molecule has 1 amide bonds. The van der Waals surface area contributed by atoms with Crippen LogP contribution in [0.15, 0.2) is 18.6 Å². The molecule has 8 nitrogen and oxygen atoms in total. The first kappa shape index (κ1) is 13.1. The van der Waals surface area contributed by atoms with Crippen LogP contribution in [0.3, 0.4) is 0 Å². The molecule has 0 radical (unpaired) electrons. The van der Waals surface area contributed by atoms with E-state index < -0.39 is 0 Å². The zero-order chi connectivity index (χ0) is 13.7. The highest BCUT2D eigenvalue weighted by Crippen LogP contribution is 2.13. The fourth-order valence-corrected chi connectivity index (χ4v) is 1.59. The van der Waals surface area contributed by atoms with E-state index in [0.29, 0.717) is 30.4 Å². The van der Waals surface area contributed by atoms with Crippen LogP contribution < -0.4 is 16.4 Å². The van der Waals surface area contributed by atoms with Gasteiger partial charge in [0.25, 0.3) is 0 Å². The van der Waals surface area contributed by atoms with Crippen LogP contribution in [-0.4, -0.2) is 47.1 Å². The minimum Gasteiger partial charge on any atom is -0.383 e. The summed E-state index contributed by atoms with van der Waals surface area (Å²) in [5, 5.41) is 5.61. The summed E-state index contributed by atoms with van der Waals surface area (Å²) in [6.45, 7) is 1.05. The van der Waals surface area contributed by atoms with Crippen molar-refractivity contribution in [1.82, 2.24) is 19.7 Å². The summed E-state index contributed by atoms with van der Waals surface area (Å²) in [6.07, 6.45) is 5.06. The van der Waals surface area contributed by atoms with E-state index in [4.69, 9.17) is 10.5 Å². The van der Waals surface area contributed by atoms with E-state index in [-0.39, 0.29) is 12.5 Å². The van der Waals surface area contributed by atoms with Crippen molar-refractivity contribution < 1.29 is 9.53 Å². The second-order valence-electron chi connectivity index (χ2n) is 3.87. The number of aromatic nitrogens is 3. The maximum Gasteiger partial charge on any atom is 0.239 e. The van der Waals surface area contributed by atoms with Gasteiger partial charge in [-0.2, -0.15) is 0 Å². The summed E-state index contributed by atoms with van der Waals surface area (Å²) in [5.41, 5.74) is 6.30. The summed E-state index contributed by atoms with van der Waals surface area (Å²) in [6, 6.07) is 0. The average molecular weight is 264 g/mol. The van der Waals surface area contributed by atoms with Crippen LogP contribution in [-0.2, 0) is 9.53 Å². The van der Waals surface area contributed by atoms with Crippen molar-refractivity contribution in [2.24, 2.45) is 0 Å². The van der Waals surface area contributed by atoms with E-state index in [0.717, 1.165) is 0 Å². The molecule has 8 heteroatoms. The zero-order valence-corrected chi connectivity index (χ0v) is 10.6. The predicted octanol–water partition coefficient (Wildman–Crippen LogP) is -0.514. The first-order valence-corrected chi connectivity index (χ1v) is 5.79. The smallest absolute Gasteiger partial charge is 0.239 e. The third kappa shape index (κ3) is 3.32. The Morgan fingerprint density at radius 2 is 2.42 bits per heavy atom. The molecule has 2 rings (SSSR count). The molecule has 0 unspecified atom stereocenters. The molecule has 102 valence electrons. The molecular formula is C11H16N6O2. The second kappa shape index (κ2) is 6.01. The fraction of sp³-hybridized carbons (Fsp3) is 0.364.